The third-order valence-electron chi connectivity index (χ3n) is 10.1. The van der Waals surface area contributed by atoms with Crippen molar-refractivity contribution in [3.8, 4) is 0 Å². The van der Waals surface area contributed by atoms with Gasteiger partial charge in [0.25, 0.3) is 0 Å². The third-order valence-corrected chi connectivity index (χ3v) is 10.1. The average Bonchev–Trinajstić information content (AvgIpc) is 3.03. The summed E-state index contributed by atoms with van der Waals surface area (Å²) in [6.45, 7) is 12.0. The monoisotopic (exact) mass is 413 g/mol. The van der Waals surface area contributed by atoms with Crippen LogP contribution < -0.4 is 0 Å². The number of likely N-dealkylation sites (tertiary alicyclic amines) is 1. The van der Waals surface area contributed by atoms with Crippen LogP contribution in [0.1, 0.15) is 92.4 Å². The van der Waals surface area contributed by atoms with Gasteiger partial charge in [0, 0.05) is 36.6 Å². The molecule has 1 aliphatic heterocycles. The molecule has 3 heteroatoms. The summed E-state index contributed by atoms with van der Waals surface area (Å²) in [5, 5.41) is 0. The molecule has 1 heterocycles. The molecule has 4 rings (SSSR count). The van der Waals surface area contributed by atoms with E-state index in [0.29, 0.717) is 29.5 Å². The van der Waals surface area contributed by atoms with Gasteiger partial charge >= 0.3 is 0 Å². The summed E-state index contributed by atoms with van der Waals surface area (Å²) in [4.78, 5) is 27.6. The molecule has 168 valence electrons. The number of amides is 1. The van der Waals surface area contributed by atoms with Gasteiger partial charge in [-0.25, -0.2) is 0 Å². The van der Waals surface area contributed by atoms with Gasteiger partial charge in [0.05, 0.1) is 0 Å². The summed E-state index contributed by atoms with van der Waals surface area (Å²) in [5.41, 5.74) is 1.31. The molecule has 3 fully saturated rings. The van der Waals surface area contributed by atoms with Gasteiger partial charge in [0.2, 0.25) is 5.91 Å². The van der Waals surface area contributed by atoms with Crippen molar-refractivity contribution in [3.63, 3.8) is 0 Å². The first-order valence-corrected chi connectivity index (χ1v) is 12.6. The number of carbonyl (C=O) groups excluding carboxylic acids is 2. The molecule has 3 aliphatic carbocycles. The van der Waals surface area contributed by atoms with Crippen LogP contribution in [-0.2, 0) is 9.59 Å². The lowest BCUT2D eigenvalue weighted by Crippen LogP contribution is -2.56. The normalized spacial score (nSPS) is 42.0. The first-order chi connectivity index (χ1) is 14.1. The third kappa shape index (κ3) is 3.30. The Balaban J connectivity index is 1.57. The zero-order valence-corrected chi connectivity index (χ0v) is 20.2. The number of hydrogen-bond acceptors (Lipinski definition) is 2. The Morgan fingerprint density at radius 2 is 1.77 bits per heavy atom. The molecule has 0 N–H and O–H groups in total. The van der Waals surface area contributed by atoms with Crippen LogP contribution in [0.4, 0.5) is 0 Å². The van der Waals surface area contributed by atoms with E-state index >= 15 is 0 Å². The van der Waals surface area contributed by atoms with Gasteiger partial charge < -0.3 is 4.90 Å². The highest BCUT2D eigenvalue weighted by Crippen LogP contribution is 2.66. The highest BCUT2D eigenvalue weighted by Gasteiger charge is 2.62. The number of allylic oxidation sites excluding steroid dienone is 2. The molecular formula is C27H43NO2. The van der Waals surface area contributed by atoms with Crippen molar-refractivity contribution < 1.29 is 9.59 Å². The van der Waals surface area contributed by atoms with Crippen molar-refractivity contribution in [2.24, 2.45) is 46.3 Å². The van der Waals surface area contributed by atoms with Gasteiger partial charge in [0.15, 0.2) is 5.78 Å². The van der Waals surface area contributed by atoms with E-state index < -0.39 is 0 Å². The number of piperidine rings is 1. The predicted octanol–water partition coefficient (Wildman–Crippen LogP) is 6.23. The fourth-order valence-corrected chi connectivity index (χ4v) is 8.32. The van der Waals surface area contributed by atoms with E-state index in [4.69, 9.17) is 0 Å². The zero-order chi connectivity index (χ0) is 21.8. The lowest BCUT2D eigenvalue weighted by atomic mass is 9.48. The van der Waals surface area contributed by atoms with E-state index in [9.17, 15) is 9.59 Å². The lowest BCUT2D eigenvalue weighted by molar-refractivity contribution is -0.142. The van der Waals surface area contributed by atoms with E-state index in [-0.39, 0.29) is 17.2 Å². The maximum atomic E-state index is 13.5. The molecule has 3 nitrogen and oxygen atoms in total. The van der Waals surface area contributed by atoms with Gasteiger partial charge in [-0.2, -0.15) is 0 Å². The second kappa shape index (κ2) is 7.78. The number of carbonyl (C=O) groups is 2. The van der Waals surface area contributed by atoms with Crippen LogP contribution in [0.25, 0.3) is 0 Å². The molecule has 0 spiro atoms. The maximum Gasteiger partial charge on any atom is 0.226 e. The number of fused-ring (bicyclic) bond motifs is 5. The molecule has 0 unspecified atom stereocenters. The minimum absolute atomic E-state index is 0.0104. The SMILES string of the molecule is CC(C)CCC[C@@H](C)[C@H]1CC[C@H]2[C@@H]3C(=O)C=C4N(C)C(=O)CC[C@]4(C)[C@H]3CC[C@]12C. The molecule has 0 radical (unpaired) electrons. The van der Waals surface area contributed by atoms with Gasteiger partial charge in [-0.15, -0.1) is 0 Å². The highest BCUT2D eigenvalue weighted by atomic mass is 16.2. The van der Waals surface area contributed by atoms with E-state index in [2.05, 4.69) is 34.6 Å². The van der Waals surface area contributed by atoms with Crippen LogP contribution in [0.5, 0.6) is 0 Å². The summed E-state index contributed by atoms with van der Waals surface area (Å²) in [6.07, 6.45) is 12.3. The smallest absolute Gasteiger partial charge is 0.226 e. The second-order valence-electron chi connectivity index (χ2n) is 12.1. The van der Waals surface area contributed by atoms with Crippen LogP contribution in [0.3, 0.4) is 0 Å². The summed E-state index contributed by atoms with van der Waals surface area (Å²) in [5.74, 6) is 3.91. The molecule has 1 saturated heterocycles. The second-order valence-corrected chi connectivity index (χ2v) is 12.1. The summed E-state index contributed by atoms with van der Waals surface area (Å²) in [6, 6.07) is 0. The van der Waals surface area contributed by atoms with Crippen molar-refractivity contribution in [1.29, 1.82) is 0 Å². The summed E-state index contributed by atoms with van der Waals surface area (Å²) in [7, 11) is 1.87. The fraction of sp³-hybridized carbons (Fsp3) is 0.852. The molecule has 0 aromatic heterocycles. The van der Waals surface area contributed by atoms with Crippen molar-refractivity contribution in [1.82, 2.24) is 4.90 Å². The molecule has 30 heavy (non-hydrogen) atoms. The Hall–Kier alpha value is -1.12. The van der Waals surface area contributed by atoms with Gasteiger partial charge in [-0.1, -0.05) is 53.9 Å². The minimum Gasteiger partial charge on any atom is -0.319 e. The highest BCUT2D eigenvalue weighted by molar-refractivity contribution is 5.96. The van der Waals surface area contributed by atoms with Crippen LogP contribution in [-0.4, -0.2) is 23.6 Å². The van der Waals surface area contributed by atoms with Gasteiger partial charge in [-0.05, 0) is 67.1 Å². The first kappa shape index (κ1) is 22.1. The van der Waals surface area contributed by atoms with E-state index in [0.717, 1.165) is 36.3 Å². The Kier molecular flexibility index (Phi) is 5.73. The maximum absolute atomic E-state index is 13.5. The topological polar surface area (TPSA) is 37.4 Å². The molecule has 0 bridgehead atoms. The van der Waals surface area contributed by atoms with Crippen LogP contribution in [0, 0.1) is 46.3 Å². The van der Waals surface area contributed by atoms with Crippen molar-refractivity contribution in [3.05, 3.63) is 11.8 Å². The van der Waals surface area contributed by atoms with E-state index in [1.54, 1.807) is 4.90 Å². The Labute approximate surface area is 184 Å². The molecule has 0 aromatic rings. The molecule has 0 aromatic carbocycles. The van der Waals surface area contributed by atoms with Gasteiger partial charge in [0.1, 0.15) is 0 Å². The molecule has 1 amide bonds. The van der Waals surface area contributed by atoms with E-state index in [1.807, 2.05) is 13.1 Å². The Morgan fingerprint density at radius 3 is 2.47 bits per heavy atom. The molecular weight excluding hydrogens is 370 g/mol. The lowest BCUT2D eigenvalue weighted by Gasteiger charge is -2.58. The number of nitrogens with zero attached hydrogens (tertiary/aromatic N) is 1. The standard InChI is InChI=1S/C27H43NO2/c1-17(2)8-7-9-18(3)19-10-11-20-25-21(12-14-26(19,20)4)27(5)15-13-24(30)28(6)23(27)16-22(25)29/h16-21,25H,7-15H2,1-6H3/t18-,19-,20+,21+,25+,26-,27-/m1/s1. The Morgan fingerprint density at radius 1 is 1.03 bits per heavy atom. The van der Waals surface area contributed by atoms with Crippen LogP contribution >= 0.6 is 0 Å². The quantitative estimate of drug-likeness (QED) is 0.535. The van der Waals surface area contributed by atoms with Crippen molar-refractivity contribution in [2.75, 3.05) is 7.05 Å². The minimum atomic E-state index is -0.0104. The van der Waals surface area contributed by atoms with Crippen molar-refractivity contribution in [2.45, 2.75) is 92.4 Å². The number of hydrogen-bond donors (Lipinski definition) is 0. The zero-order valence-electron chi connectivity index (χ0n) is 20.2. The van der Waals surface area contributed by atoms with Crippen LogP contribution in [0.2, 0.25) is 0 Å². The fourth-order valence-electron chi connectivity index (χ4n) is 8.32. The average molecular weight is 414 g/mol. The number of ketones is 1. The summed E-state index contributed by atoms with van der Waals surface area (Å²) < 4.78 is 0. The Bertz CT molecular complexity index is 739. The van der Waals surface area contributed by atoms with Crippen molar-refractivity contribution >= 4 is 11.7 Å². The van der Waals surface area contributed by atoms with E-state index in [1.165, 1.54) is 38.5 Å². The molecule has 7 atom stereocenters. The molecule has 2 saturated carbocycles. The number of rotatable bonds is 5. The summed E-state index contributed by atoms with van der Waals surface area (Å²) >= 11 is 0. The molecule has 4 aliphatic rings. The first-order valence-electron chi connectivity index (χ1n) is 12.6. The predicted molar refractivity (Wildman–Crippen MR) is 122 cm³/mol. The van der Waals surface area contributed by atoms with Crippen LogP contribution in [0.15, 0.2) is 11.8 Å². The largest absolute Gasteiger partial charge is 0.319 e. The van der Waals surface area contributed by atoms with Gasteiger partial charge in [-0.3, -0.25) is 9.59 Å².